The molecule has 0 aliphatic carbocycles. The third-order valence-electron chi connectivity index (χ3n) is 2.37. The van der Waals surface area contributed by atoms with E-state index in [2.05, 4.69) is 0 Å². The fourth-order valence-electron chi connectivity index (χ4n) is 1.33. The predicted octanol–water partition coefficient (Wildman–Crippen LogP) is 2.53. The van der Waals surface area contributed by atoms with E-state index >= 15 is 0 Å². The highest BCUT2D eigenvalue weighted by molar-refractivity contribution is 5.84. The van der Waals surface area contributed by atoms with Crippen molar-refractivity contribution in [2.24, 2.45) is 0 Å². The summed E-state index contributed by atoms with van der Waals surface area (Å²) in [5, 5.41) is 0. The van der Waals surface area contributed by atoms with Gasteiger partial charge in [0.05, 0.1) is 0 Å². The van der Waals surface area contributed by atoms with Crippen molar-refractivity contribution in [3.63, 3.8) is 0 Å². The van der Waals surface area contributed by atoms with Crippen LogP contribution in [0.4, 0.5) is 17.6 Å². The van der Waals surface area contributed by atoms with Crippen LogP contribution in [0.3, 0.4) is 0 Å². The van der Waals surface area contributed by atoms with E-state index < -0.39 is 24.3 Å². The third kappa shape index (κ3) is 3.07. The number of hydrogen-bond donors (Lipinski definition) is 0. The van der Waals surface area contributed by atoms with Crippen LogP contribution in [0.5, 0.6) is 0 Å². The largest absolute Gasteiger partial charge is 0.383 e. The first-order valence-electron chi connectivity index (χ1n) is 4.72. The Labute approximate surface area is 86.2 Å². The van der Waals surface area contributed by atoms with E-state index in [1.807, 2.05) is 0 Å². The first-order chi connectivity index (χ1) is 6.78. The Bertz CT molecular complexity index is 216. The van der Waals surface area contributed by atoms with Crippen molar-refractivity contribution < 1.29 is 22.4 Å². The molecule has 0 unspecified atom stereocenters. The Hall–Kier alpha value is -0.810. The van der Waals surface area contributed by atoms with Crippen molar-refractivity contribution >= 4 is 5.91 Å². The first-order valence-corrected chi connectivity index (χ1v) is 4.72. The average Bonchev–Trinajstić information content (AvgIpc) is 2.17. The molecule has 0 atom stereocenters. The van der Waals surface area contributed by atoms with Gasteiger partial charge < -0.3 is 4.90 Å². The molecule has 0 radical (unpaired) electrons. The Balaban J connectivity index is 4.70. The minimum absolute atomic E-state index is 0.429. The highest BCUT2D eigenvalue weighted by Crippen LogP contribution is 2.26. The molecule has 0 saturated heterocycles. The lowest BCUT2D eigenvalue weighted by Gasteiger charge is -2.29. The van der Waals surface area contributed by atoms with Gasteiger partial charge in [-0.1, -0.05) is 13.8 Å². The molecule has 0 aromatic carbocycles. The molecule has 0 N–H and O–H groups in total. The summed E-state index contributed by atoms with van der Waals surface area (Å²) in [7, 11) is 1.12. The van der Waals surface area contributed by atoms with Gasteiger partial charge in [-0.3, -0.25) is 4.79 Å². The second-order valence-electron chi connectivity index (χ2n) is 3.31. The molecule has 0 spiro atoms. The van der Waals surface area contributed by atoms with Crippen molar-refractivity contribution in [2.45, 2.75) is 45.1 Å². The number of carbonyl (C=O) groups is 1. The molecule has 0 aromatic heterocycles. The highest BCUT2D eigenvalue weighted by atomic mass is 19.3. The van der Waals surface area contributed by atoms with Crippen LogP contribution >= 0.6 is 0 Å². The molecular formula is C9H15F4NO. The topological polar surface area (TPSA) is 20.3 Å². The van der Waals surface area contributed by atoms with Crippen LogP contribution in [0.25, 0.3) is 0 Å². The molecule has 0 aromatic rings. The zero-order valence-corrected chi connectivity index (χ0v) is 8.94. The third-order valence-corrected chi connectivity index (χ3v) is 2.37. The molecule has 1 amide bonds. The summed E-state index contributed by atoms with van der Waals surface area (Å²) in [5.74, 6) is -6.40. The average molecular weight is 229 g/mol. The van der Waals surface area contributed by atoms with Gasteiger partial charge in [0.2, 0.25) is 0 Å². The van der Waals surface area contributed by atoms with Gasteiger partial charge in [0, 0.05) is 13.1 Å². The van der Waals surface area contributed by atoms with Gasteiger partial charge in [-0.15, -0.1) is 0 Å². The predicted molar refractivity (Wildman–Crippen MR) is 48.1 cm³/mol. The fourth-order valence-corrected chi connectivity index (χ4v) is 1.33. The smallest absolute Gasteiger partial charge is 0.337 e. The Morgan fingerprint density at radius 1 is 1.27 bits per heavy atom. The summed E-state index contributed by atoms with van der Waals surface area (Å²) in [6, 6.07) is -0.429. The van der Waals surface area contributed by atoms with Crippen LogP contribution in [0.2, 0.25) is 0 Å². The summed E-state index contributed by atoms with van der Waals surface area (Å²) < 4.78 is 49.2. The molecule has 0 aliphatic heterocycles. The second-order valence-corrected chi connectivity index (χ2v) is 3.31. The van der Waals surface area contributed by atoms with E-state index in [4.69, 9.17) is 0 Å². The zero-order valence-electron chi connectivity index (χ0n) is 8.94. The van der Waals surface area contributed by atoms with E-state index in [0.29, 0.717) is 17.7 Å². The Kier molecular flexibility index (Phi) is 5.03. The lowest BCUT2D eigenvalue weighted by molar-refractivity contribution is -0.181. The number of carbonyl (C=O) groups excluding carboxylic acids is 1. The van der Waals surface area contributed by atoms with Gasteiger partial charge in [0.25, 0.3) is 5.91 Å². The normalized spacial score (nSPS) is 12.3. The first kappa shape index (κ1) is 14.2. The number of rotatable bonds is 5. The lowest BCUT2D eigenvalue weighted by Crippen LogP contribution is -2.49. The summed E-state index contributed by atoms with van der Waals surface area (Å²) >= 11 is 0. The van der Waals surface area contributed by atoms with E-state index in [1.165, 1.54) is 0 Å². The van der Waals surface area contributed by atoms with Gasteiger partial charge >= 0.3 is 12.3 Å². The molecule has 0 fully saturated rings. The number of alkyl halides is 4. The quantitative estimate of drug-likeness (QED) is 0.663. The molecule has 15 heavy (non-hydrogen) atoms. The van der Waals surface area contributed by atoms with Gasteiger partial charge in [-0.25, -0.2) is 8.78 Å². The number of amides is 1. The number of nitrogens with zero attached hydrogens (tertiary/aromatic N) is 1. The van der Waals surface area contributed by atoms with E-state index in [1.54, 1.807) is 13.8 Å². The molecule has 2 nitrogen and oxygen atoms in total. The molecule has 0 bridgehead atoms. The van der Waals surface area contributed by atoms with Crippen molar-refractivity contribution in [1.29, 1.82) is 0 Å². The molecule has 90 valence electrons. The van der Waals surface area contributed by atoms with Crippen LogP contribution in [0, 0.1) is 0 Å². The molecular weight excluding hydrogens is 214 g/mol. The maximum absolute atomic E-state index is 12.7. The maximum Gasteiger partial charge on any atom is 0.383 e. The molecule has 0 saturated carbocycles. The van der Waals surface area contributed by atoms with Gasteiger partial charge in [0.1, 0.15) is 0 Å². The van der Waals surface area contributed by atoms with Crippen LogP contribution in [0.1, 0.15) is 26.7 Å². The SMILES string of the molecule is CCC(CC)N(C)C(=O)C(F)(F)C(F)F. The van der Waals surface area contributed by atoms with Crippen molar-refractivity contribution in [2.75, 3.05) is 7.05 Å². The molecule has 0 aliphatic rings. The molecule has 6 heteroatoms. The second kappa shape index (κ2) is 5.32. The van der Waals surface area contributed by atoms with Crippen LogP contribution < -0.4 is 0 Å². The summed E-state index contributed by atoms with van der Waals surface area (Å²) in [6.45, 7) is 3.41. The minimum atomic E-state index is -4.59. The maximum atomic E-state index is 12.7. The summed E-state index contributed by atoms with van der Waals surface area (Å²) in [4.78, 5) is 11.8. The van der Waals surface area contributed by atoms with E-state index in [-0.39, 0.29) is 0 Å². The molecule has 0 heterocycles. The monoisotopic (exact) mass is 229 g/mol. The highest BCUT2D eigenvalue weighted by Gasteiger charge is 2.51. The summed E-state index contributed by atoms with van der Waals surface area (Å²) in [6.07, 6.45) is -3.04. The van der Waals surface area contributed by atoms with Crippen LogP contribution in [-0.2, 0) is 4.79 Å². The van der Waals surface area contributed by atoms with Crippen molar-refractivity contribution in [1.82, 2.24) is 4.90 Å². The van der Waals surface area contributed by atoms with E-state index in [9.17, 15) is 22.4 Å². The molecule has 0 rings (SSSR count). The zero-order chi connectivity index (χ0) is 12.2. The standard InChI is InChI=1S/C9H15F4NO/c1-4-6(5-2)14(3)8(15)9(12,13)7(10)11/h6-7H,4-5H2,1-3H3. The number of halogens is 4. The Morgan fingerprint density at radius 3 is 1.93 bits per heavy atom. The van der Waals surface area contributed by atoms with Gasteiger partial charge in [-0.05, 0) is 12.8 Å². The fraction of sp³-hybridized carbons (Fsp3) is 0.889. The van der Waals surface area contributed by atoms with Gasteiger partial charge in [-0.2, -0.15) is 8.78 Å². The summed E-state index contributed by atoms with van der Waals surface area (Å²) in [5.41, 5.74) is 0. The number of hydrogen-bond acceptors (Lipinski definition) is 1. The van der Waals surface area contributed by atoms with Crippen LogP contribution in [0.15, 0.2) is 0 Å². The van der Waals surface area contributed by atoms with Crippen LogP contribution in [-0.4, -0.2) is 36.2 Å². The lowest BCUT2D eigenvalue weighted by atomic mass is 10.1. The van der Waals surface area contributed by atoms with Crippen molar-refractivity contribution in [3.8, 4) is 0 Å². The van der Waals surface area contributed by atoms with Gasteiger partial charge in [0.15, 0.2) is 0 Å². The minimum Gasteiger partial charge on any atom is -0.337 e. The van der Waals surface area contributed by atoms with E-state index in [0.717, 1.165) is 7.05 Å². The Morgan fingerprint density at radius 2 is 1.67 bits per heavy atom. The van der Waals surface area contributed by atoms with Crippen molar-refractivity contribution in [3.05, 3.63) is 0 Å².